The summed E-state index contributed by atoms with van der Waals surface area (Å²) in [6.45, 7) is 1.69. The molecule has 0 amide bonds. The van der Waals surface area contributed by atoms with Crippen molar-refractivity contribution in [2.45, 2.75) is 25.7 Å². The molecule has 1 aliphatic heterocycles. The van der Waals surface area contributed by atoms with Crippen molar-refractivity contribution < 1.29 is 0 Å². The molecule has 0 unspecified atom stereocenters. The van der Waals surface area contributed by atoms with Gasteiger partial charge < -0.3 is 10.6 Å². The van der Waals surface area contributed by atoms with Gasteiger partial charge in [0.1, 0.15) is 5.82 Å². The molecule has 2 aromatic rings. The van der Waals surface area contributed by atoms with E-state index >= 15 is 0 Å². The molecule has 104 valence electrons. The van der Waals surface area contributed by atoms with Crippen molar-refractivity contribution in [3.05, 3.63) is 53.7 Å². The highest BCUT2D eigenvalue weighted by molar-refractivity contribution is 5.66. The molecule has 0 atom stereocenters. The van der Waals surface area contributed by atoms with Crippen LogP contribution in [0.5, 0.6) is 0 Å². The van der Waals surface area contributed by atoms with Crippen LogP contribution in [0.25, 0.3) is 0 Å². The van der Waals surface area contributed by atoms with Crippen LogP contribution in [0, 0.1) is 0 Å². The molecule has 0 fully saturated rings. The average Bonchev–Trinajstić information content (AvgIpc) is 2.71. The summed E-state index contributed by atoms with van der Waals surface area (Å²) in [5, 5.41) is 0. The van der Waals surface area contributed by atoms with Crippen LogP contribution in [-0.4, -0.2) is 18.1 Å². The quantitative estimate of drug-likeness (QED) is 0.929. The zero-order valence-electron chi connectivity index (χ0n) is 11.8. The van der Waals surface area contributed by atoms with Crippen molar-refractivity contribution in [3.63, 3.8) is 0 Å². The van der Waals surface area contributed by atoms with Crippen LogP contribution < -0.4 is 10.6 Å². The van der Waals surface area contributed by atoms with Crippen LogP contribution in [0.1, 0.15) is 24.0 Å². The van der Waals surface area contributed by atoms with Gasteiger partial charge in [-0.25, -0.2) is 4.98 Å². The van der Waals surface area contributed by atoms with E-state index in [2.05, 4.69) is 40.2 Å². The van der Waals surface area contributed by atoms with Crippen LogP contribution in [0.3, 0.4) is 0 Å². The standard InChI is InChI=1S/C17H21N3/c18-11-10-15-8-5-12-19-17(15)20-13-4-3-7-14-6-1-2-9-16(14)20/h1-2,5-6,8-9,12H,3-4,7,10-11,13,18H2. The van der Waals surface area contributed by atoms with E-state index < -0.39 is 0 Å². The van der Waals surface area contributed by atoms with Crippen LogP contribution in [-0.2, 0) is 12.8 Å². The average molecular weight is 267 g/mol. The minimum atomic E-state index is 0.661. The molecule has 3 heteroatoms. The van der Waals surface area contributed by atoms with Crippen molar-refractivity contribution in [1.82, 2.24) is 4.98 Å². The van der Waals surface area contributed by atoms with Crippen LogP contribution >= 0.6 is 0 Å². The number of benzene rings is 1. The van der Waals surface area contributed by atoms with Crippen molar-refractivity contribution in [1.29, 1.82) is 0 Å². The van der Waals surface area contributed by atoms with Gasteiger partial charge in [0.2, 0.25) is 0 Å². The number of hydrogen-bond donors (Lipinski definition) is 1. The fraction of sp³-hybridized carbons (Fsp3) is 0.353. The Morgan fingerprint density at radius 2 is 2.00 bits per heavy atom. The van der Waals surface area contributed by atoms with Crippen LogP contribution in [0.4, 0.5) is 11.5 Å². The highest BCUT2D eigenvalue weighted by Crippen LogP contribution is 2.33. The smallest absolute Gasteiger partial charge is 0.136 e. The summed E-state index contributed by atoms with van der Waals surface area (Å²) < 4.78 is 0. The summed E-state index contributed by atoms with van der Waals surface area (Å²) in [6, 6.07) is 12.8. The zero-order valence-corrected chi connectivity index (χ0v) is 11.8. The van der Waals surface area contributed by atoms with E-state index in [0.717, 1.165) is 25.2 Å². The molecule has 0 aliphatic carbocycles. The molecule has 0 saturated carbocycles. The molecule has 2 heterocycles. The van der Waals surface area contributed by atoms with Gasteiger partial charge in [0.05, 0.1) is 0 Å². The van der Waals surface area contributed by atoms with Gasteiger partial charge >= 0.3 is 0 Å². The maximum atomic E-state index is 5.74. The number of hydrogen-bond acceptors (Lipinski definition) is 3. The molecule has 0 spiro atoms. The fourth-order valence-electron chi connectivity index (χ4n) is 2.94. The first-order chi connectivity index (χ1) is 9.90. The Morgan fingerprint density at radius 3 is 2.90 bits per heavy atom. The van der Waals surface area contributed by atoms with E-state index in [1.165, 1.54) is 29.7 Å². The molecule has 1 aromatic carbocycles. The number of aromatic nitrogens is 1. The summed E-state index contributed by atoms with van der Waals surface area (Å²) in [5.41, 5.74) is 9.71. The SMILES string of the molecule is NCCc1cccnc1N1CCCCc2ccccc21. The van der Waals surface area contributed by atoms with Gasteiger partial charge in [0, 0.05) is 18.4 Å². The van der Waals surface area contributed by atoms with Gasteiger partial charge in [-0.3, -0.25) is 0 Å². The van der Waals surface area contributed by atoms with Crippen LogP contribution in [0.15, 0.2) is 42.6 Å². The number of pyridine rings is 1. The highest BCUT2D eigenvalue weighted by Gasteiger charge is 2.19. The lowest BCUT2D eigenvalue weighted by molar-refractivity contribution is 0.755. The summed E-state index contributed by atoms with van der Waals surface area (Å²) in [4.78, 5) is 7.00. The highest BCUT2D eigenvalue weighted by atomic mass is 15.2. The Kier molecular flexibility index (Phi) is 3.97. The summed E-state index contributed by atoms with van der Waals surface area (Å²) >= 11 is 0. The molecule has 1 aromatic heterocycles. The second kappa shape index (κ2) is 6.06. The van der Waals surface area contributed by atoms with E-state index in [0.29, 0.717) is 6.54 Å². The van der Waals surface area contributed by atoms with E-state index in [1.807, 2.05) is 12.3 Å². The minimum absolute atomic E-state index is 0.661. The second-order valence-electron chi connectivity index (χ2n) is 5.26. The van der Waals surface area contributed by atoms with E-state index in [9.17, 15) is 0 Å². The Hall–Kier alpha value is -1.87. The molecule has 0 saturated heterocycles. The van der Waals surface area contributed by atoms with Crippen molar-refractivity contribution in [2.75, 3.05) is 18.0 Å². The first-order valence-electron chi connectivity index (χ1n) is 7.39. The topological polar surface area (TPSA) is 42.1 Å². The van der Waals surface area contributed by atoms with Gasteiger partial charge in [-0.2, -0.15) is 0 Å². The predicted octanol–water partition coefficient (Wildman–Crippen LogP) is 3.06. The normalized spacial score (nSPS) is 14.8. The third-order valence-corrected chi connectivity index (χ3v) is 3.90. The maximum Gasteiger partial charge on any atom is 0.136 e. The van der Waals surface area contributed by atoms with Gasteiger partial charge in [-0.05, 0) is 55.5 Å². The molecule has 0 radical (unpaired) electrons. The van der Waals surface area contributed by atoms with Gasteiger partial charge in [0.15, 0.2) is 0 Å². The molecule has 2 N–H and O–H groups in total. The number of para-hydroxylation sites is 1. The molecule has 3 rings (SSSR count). The first kappa shape index (κ1) is 13.1. The lowest BCUT2D eigenvalue weighted by atomic mass is 10.1. The van der Waals surface area contributed by atoms with Crippen molar-refractivity contribution in [3.8, 4) is 0 Å². The Labute approximate surface area is 120 Å². The molecular weight excluding hydrogens is 246 g/mol. The Morgan fingerprint density at radius 1 is 1.10 bits per heavy atom. The summed E-state index contributed by atoms with van der Waals surface area (Å²) in [5.74, 6) is 1.08. The minimum Gasteiger partial charge on any atom is -0.330 e. The number of fused-ring (bicyclic) bond motifs is 1. The number of nitrogens with zero attached hydrogens (tertiary/aromatic N) is 2. The third kappa shape index (κ3) is 2.54. The van der Waals surface area contributed by atoms with Gasteiger partial charge in [0.25, 0.3) is 0 Å². The number of nitrogens with two attached hydrogens (primary N) is 1. The summed E-state index contributed by atoms with van der Waals surface area (Å²) in [7, 11) is 0. The third-order valence-electron chi connectivity index (χ3n) is 3.90. The lowest BCUT2D eigenvalue weighted by Crippen LogP contribution is -2.21. The number of aryl methyl sites for hydroxylation is 1. The molecule has 20 heavy (non-hydrogen) atoms. The van der Waals surface area contributed by atoms with Crippen LogP contribution in [0.2, 0.25) is 0 Å². The Balaban J connectivity index is 2.05. The van der Waals surface area contributed by atoms with Crippen molar-refractivity contribution in [2.24, 2.45) is 5.73 Å². The van der Waals surface area contributed by atoms with Gasteiger partial charge in [-0.15, -0.1) is 0 Å². The Bertz CT molecular complexity index is 580. The first-order valence-corrected chi connectivity index (χ1v) is 7.39. The lowest BCUT2D eigenvalue weighted by Gasteiger charge is -2.26. The predicted molar refractivity (Wildman–Crippen MR) is 83.4 cm³/mol. The second-order valence-corrected chi connectivity index (χ2v) is 5.26. The largest absolute Gasteiger partial charge is 0.330 e. The number of rotatable bonds is 3. The summed E-state index contributed by atoms with van der Waals surface area (Å²) in [6.07, 6.45) is 6.36. The maximum absolute atomic E-state index is 5.74. The van der Waals surface area contributed by atoms with E-state index in [-0.39, 0.29) is 0 Å². The fourth-order valence-corrected chi connectivity index (χ4v) is 2.94. The number of anilines is 2. The van der Waals surface area contributed by atoms with Crippen molar-refractivity contribution >= 4 is 11.5 Å². The monoisotopic (exact) mass is 267 g/mol. The molecule has 3 nitrogen and oxygen atoms in total. The molecular formula is C17H21N3. The van der Waals surface area contributed by atoms with E-state index in [1.54, 1.807) is 0 Å². The van der Waals surface area contributed by atoms with Gasteiger partial charge in [-0.1, -0.05) is 24.3 Å². The molecule has 0 bridgehead atoms. The molecule has 1 aliphatic rings. The van der Waals surface area contributed by atoms with E-state index in [4.69, 9.17) is 5.73 Å². The zero-order chi connectivity index (χ0) is 13.8.